The first kappa shape index (κ1) is 11.0. The van der Waals surface area contributed by atoms with Gasteiger partial charge in [0.25, 0.3) is 5.97 Å². The van der Waals surface area contributed by atoms with Crippen LogP contribution in [0.15, 0.2) is 0 Å². The molecule has 0 aromatic rings. The Morgan fingerprint density at radius 3 is 1.75 bits per heavy atom. The molecule has 0 aliphatic rings. The second-order valence-electron chi connectivity index (χ2n) is 0.727. The van der Waals surface area contributed by atoms with Crippen molar-refractivity contribution in [2.24, 2.45) is 0 Å². The molecule has 0 heterocycles. The number of carboxylic acid groups (broad SMARTS) is 1. The van der Waals surface area contributed by atoms with E-state index < -0.39 is 33.8 Å². The SMILES string of the molecule is [CH2-]CC(=O)O.[O]=[U+2]=[O]. The molecule has 0 aliphatic heterocycles. The Morgan fingerprint density at radius 2 is 1.75 bits per heavy atom. The van der Waals surface area contributed by atoms with Crippen molar-refractivity contribution in [2.75, 3.05) is 0 Å². The molecule has 0 unspecified atom stereocenters. The zero-order valence-electron chi connectivity index (χ0n) is 4.09. The van der Waals surface area contributed by atoms with E-state index in [9.17, 15) is 4.79 Å². The van der Waals surface area contributed by atoms with Crippen LogP contribution < -0.4 is 0 Å². The van der Waals surface area contributed by atoms with Crippen molar-refractivity contribution in [2.45, 2.75) is 6.42 Å². The summed E-state index contributed by atoms with van der Waals surface area (Å²) in [5.74, 6) is -0.856. The van der Waals surface area contributed by atoms with Crippen LogP contribution in [0.4, 0.5) is 0 Å². The first-order chi connectivity index (χ1) is 3.68. The molecule has 0 saturated heterocycles. The third-order valence-corrected chi connectivity index (χ3v) is 0.214. The summed E-state index contributed by atoms with van der Waals surface area (Å²) in [4.78, 5) is 9.31. The average Bonchev–Trinajstić information content (AvgIpc) is 1.69. The number of carbonyl (C=O) groups is 1. The molecule has 8 heavy (non-hydrogen) atoms. The Hall–Kier alpha value is 0.122. The summed E-state index contributed by atoms with van der Waals surface area (Å²) < 4.78 is 17.2. The molecule has 44 valence electrons. The Balaban J connectivity index is 0. The van der Waals surface area contributed by atoms with Crippen LogP contribution >= 0.6 is 0 Å². The molecular weight excluding hydrogens is 338 g/mol. The van der Waals surface area contributed by atoms with Gasteiger partial charge in [0, 0.05) is 0 Å². The van der Waals surface area contributed by atoms with E-state index in [-0.39, 0.29) is 6.42 Å². The third-order valence-electron chi connectivity index (χ3n) is 0.214. The molecule has 0 radical (unpaired) electrons. The van der Waals surface area contributed by atoms with Crippen molar-refractivity contribution in [3.05, 3.63) is 6.92 Å². The first-order valence-electron chi connectivity index (χ1n) is 1.69. The second-order valence-corrected chi connectivity index (χ2v) is 1.42. The van der Waals surface area contributed by atoms with Gasteiger partial charge in [0.2, 0.25) is 0 Å². The van der Waals surface area contributed by atoms with Crippen molar-refractivity contribution in [3.63, 3.8) is 0 Å². The van der Waals surface area contributed by atoms with Gasteiger partial charge in [-0.3, -0.25) is 4.79 Å². The summed E-state index contributed by atoms with van der Waals surface area (Å²) >= 11 is -2.51. The minimum atomic E-state index is -2.51. The van der Waals surface area contributed by atoms with Crippen molar-refractivity contribution >= 4 is 5.97 Å². The number of rotatable bonds is 1. The molecule has 0 aromatic carbocycles. The van der Waals surface area contributed by atoms with Gasteiger partial charge in [-0.25, -0.2) is 0 Å². The zero-order valence-corrected chi connectivity index (χ0v) is 8.25. The summed E-state index contributed by atoms with van der Waals surface area (Å²) in [6, 6.07) is 0. The normalized spacial score (nSPS) is 5.62. The van der Waals surface area contributed by atoms with Gasteiger partial charge in [-0.1, -0.05) is 6.42 Å². The van der Waals surface area contributed by atoms with Gasteiger partial charge >= 0.3 is 32.3 Å². The average molecular weight is 343 g/mol. The third kappa shape index (κ3) is 35.7. The molecule has 0 saturated carbocycles. The van der Waals surface area contributed by atoms with E-state index in [1.165, 1.54) is 0 Å². The van der Waals surface area contributed by atoms with Crippen molar-refractivity contribution < 1.29 is 42.2 Å². The number of hydrogen-bond acceptors (Lipinski definition) is 3. The van der Waals surface area contributed by atoms with E-state index in [1.54, 1.807) is 0 Å². The van der Waals surface area contributed by atoms with E-state index in [0.29, 0.717) is 0 Å². The molecule has 0 aliphatic carbocycles. The zero-order chi connectivity index (χ0) is 6.99. The maximum absolute atomic E-state index is 9.31. The molecule has 5 heteroatoms. The maximum atomic E-state index is 9.31. The summed E-state index contributed by atoms with van der Waals surface area (Å²) in [6.07, 6.45) is -0.0278. The molecule has 1 N–H and O–H groups in total. The molecule has 0 amide bonds. The van der Waals surface area contributed by atoms with Crippen LogP contribution in [0.3, 0.4) is 0 Å². The van der Waals surface area contributed by atoms with Gasteiger partial charge < -0.3 is 12.0 Å². The van der Waals surface area contributed by atoms with Crippen molar-refractivity contribution in [1.29, 1.82) is 0 Å². The van der Waals surface area contributed by atoms with Crippen LogP contribution in [-0.4, -0.2) is 11.1 Å². The van der Waals surface area contributed by atoms with Crippen molar-refractivity contribution in [3.8, 4) is 0 Å². The number of hydrogen-bond donors (Lipinski definition) is 1. The molecule has 0 fully saturated rings. The van der Waals surface area contributed by atoms with E-state index in [1.807, 2.05) is 0 Å². The van der Waals surface area contributed by atoms with Crippen molar-refractivity contribution in [1.82, 2.24) is 0 Å². The summed E-state index contributed by atoms with van der Waals surface area (Å²) in [5, 5.41) is 7.66. The topological polar surface area (TPSA) is 71.4 Å². The standard InChI is InChI=1S/C3H5O2.2O.U/c1-2-3(4)5;;;/h1-2H2,(H,4,5);;;/q-1;;;+2. The predicted molar refractivity (Wildman–Crippen MR) is 19.0 cm³/mol. The van der Waals surface area contributed by atoms with Gasteiger partial charge in [-0.2, -0.15) is 0 Å². The molecule has 0 atom stereocenters. The summed E-state index contributed by atoms with van der Waals surface area (Å²) in [5.41, 5.74) is 0. The van der Waals surface area contributed by atoms with Crippen LogP contribution in [0.2, 0.25) is 0 Å². The Labute approximate surface area is 61.5 Å². The fourth-order valence-corrected chi connectivity index (χ4v) is 0. The van der Waals surface area contributed by atoms with E-state index >= 15 is 0 Å². The summed E-state index contributed by atoms with van der Waals surface area (Å²) in [6.45, 7) is 3.09. The fraction of sp³-hybridized carbons (Fsp3) is 0.333. The van der Waals surface area contributed by atoms with Gasteiger partial charge in [-0.15, -0.1) is 0 Å². The van der Waals surface area contributed by atoms with Crippen LogP contribution in [0.1, 0.15) is 6.42 Å². The molecule has 4 nitrogen and oxygen atoms in total. The monoisotopic (exact) mass is 343 g/mol. The Morgan fingerprint density at radius 1 is 1.62 bits per heavy atom. The fourth-order valence-electron chi connectivity index (χ4n) is 0. The van der Waals surface area contributed by atoms with Gasteiger partial charge in [0.15, 0.2) is 0 Å². The van der Waals surface area contributed by atoms with E-state index in [4.69, 9.17) is 9.58 Å². The van der Waals surface area contributed by atoms with Crippen LogP contribution in [0.5, 0.6) is 0 Å². The number of carboxylic acids is 1. The molecule has 0 rings (SSSR count). The molecule has 0 spiro atoms. The quantitative estimate of drug-likeness (QED) is 0.684. The van der Waals surface area contributed by atoms with Gasteiger partial charge in [-0.05, 0) is 0 Å². The van der Waals surface area contributed by atoms with E-state index in [2.05, 4.69) is 6.92 Å². The van der Waals surface area contributed by atoms with Crippen LogP contribution in [-0.2, 0) is 9.27 Å². The Bertz CT molecular complexity index is 93.5. The van der Waals surface area contributed by atoms with Gasteiger partial charge in [0.05, 0.1) is 0 Å². The first-order valence-corrected chi connectivity index (χ1v) is 5.09. The van der Waals surface area contributed by atoms with Crippen LogP contribution in [0, 0.1) is 34.7 Å². The van der Waals surface area contributed by atoms with Crippen LogP contribution in [0.25, 0.3) is 0 Å². The minimum absolute atomic E-state index is 0.0278. The molecule has 0 bridgehead atoms. The predicted octanol–water partition coefficient (Wildman–Crippen LogP) is 0.0576. The molecular formula is C3H5O4U+. The molecule has 0 aromatic heterocycles. The summed E-state index contributed by atoms with van der Waals surface area (Å²) in [7, 11) is 0. The Kier molecular flexibility index (Phi) is 14.0. The number of aliphatic carboxylic acids is 1. The van der Waals surface area contributed by atoms with Gasteiger partial charge in [0.1, 0.15) is 0 Å². The van der Waals surface area contributed by atoms with E-state index in [0.717, 1.165) is 0 Å². The second kappa shape index (κ2) is 10.2.